The summed E-state index contributed by atoms with van der Waals surface area (Å²) in [7, 11) is 0. The summed E-state index contributed by atoms with van der Waals surface area (Å²) >= 11 is 0. The minimum Gasteiger partial charge on any atom is -0.456 e. The van der Waals surface area contributed by atoms with E-state index in [1.807, 2.05) is 24.3 Å². The van der Waals surface area contributed by atoms with Crippen molar-refractivity contribution < 1.29 is 5.79 Å². The molecule has 0 fully saturated rings. The maximum atomic E-state index is 8.04. The van der Waals surface area contributed by atoms with E-state index in [0.29, 0.717) is 6.04 Å². The molecule has 43 heavy (non-hydrogen) atoms. The van der Waals surface area contributed by atoms with Crippen molar-refractivity contribution in [1.82, 2.24) is 0 Å². The molecule has 0 amide bonds. The van der Waals surface area contributed by atoms with Gasteiger partial charge in [0.25, 0.3) is 0 Å². The summed E-state index contributed by atoms with van der Waals surface area (Å²) in [5.41, 5.74) is 9.04. The molecule has 0 N–H and O–H groups in total. The van der Waals surface area contributed by atoms with Crippen LogP contribution in [0.2, 0.25) is 0 Å². The van der Waals surface area contributed by atoms with Crippen LogP contribution >= 0.6 is 0 Å². The number of fused-ring (bicyclic) bond motifs is 6. The SMILES string of the molecule is [2H]c1ccc2cc(-c3c4ccccc4c(-c4cccc(-c5ccc6oc7ccccc7c6c5)c4)c4ccccc34)ccc2c1. The smallest absolute Gasteiger partial charge is 0.135 e. The van der Waals surface area contributed by atoms with Gasteiger partial charge in [0.2, 0.25) is 0 Å². The van der Waals surface area contributed by atoms with Crippen molar-refractivity contribution in [3.8, 4) is 33.4 Å². The molecule has 0 radical (unpaired) electrons. The number of hydrogen-bond donors (Lipinski definition) is 0. The van der Waals surface area contributed by atoms with Crippen molar-refractivity contribution in [3.63, 3.8) is 0 Å². The number of para-hydroxylation sites is 1. The van der Waals surface area contributed by atoms with Gasteiger partial charge in [-0.25, -0.2) is 0 Å². The zero-order chi connectivity index (χ0) is 29.2. The molecule has 0 aliphatic heterocycles. The lowest BCUT2D eigenvalue weighted by Crippen LogP contribution is -1.91. The quantitative estimate of drug-likeness (QED) is 0.201. The Kier molecular flexibility index (Phi) is 5.04. The average molecular weight is 548 g/mol. The maximum absolute atomic E-state index is 8.04. The highest BCUT2D eigenvalue weighted by molar-refractivity contribution is 6.22. The van der Waals surface area contributed by atoms with Gasteiger partial charge in [-0.05, 0) is 96.0 Å². The fraction of sp³-hybridized carbons (Fsp3) is 0. The van der Waals surface area contributed by atoms with Crippen LogP contribution in [0.3, 0.4) is 0 Å². The van der Waals surface area contributed by atoms with Crippen LogP contribution in [0.5, 0.6) is 0 Å². The zero-order valence-electron chi connectivity index (χ0n) is 24.3. The van der Waals surface area contributed by atoms with Gasteiger partial charge in [0.05, 0.1) is 1.37 Å². The first kappa shape index (κ1) is 23.0. The van der Waals surface area contributed by atoms with Gasteiger partial charge < -0.3 is 4.42 Å². The third-order valence-corrected chi connectivity index (χ3v) is 8.77. The van der Waals surface area contributed by atoms with Crippen LogP contribution in [0.15, 0.2) is 162 Å². The van der Waals surface area contributed by atoms with Gasteiger partial charge in [-0.2, -0.15) is 0 Å². The Labute approximate surface area is 250 Å². The molecule has 9 aromatic rings. The third kappa shape index (κ3) is 3.79. The zero-order valence-corrected chi connectivity index (χ0v) is 23.3. The molecule has 0 unspecified atom stereocenters. The molecule has 0 aliphatic rings. The van der Waals surface area contributed by atoms with E-state index >= 15 is 0 Å². The van der Waals surface area contributed by atoms with E-state index in [4.69, 9.17) is 5.79 Å². The van der Waals surface area contributed by atoms with Gasteiger partial charge in [0.15, 0.2) is 0 Å². The Morgan fingerprint density at radius 3 is 1.67 bits per heavy atom. The van der Waals surface area contributed by atoms with Crippen molar-refractivity contribution in [2.45, 2.75) is 0 Å². The standard InChI is InChI=1S/C42H26O/c1-2-11-28-24-32(21-20-27(28)10-1)42-36-17-5-3-15-34(36)41(35-16-4-6-18-37(35)42)31-13-9-12-29(25-31)30-22-23-40-38(26-30)33-14-7-8-19-39(33)43-40/h1-26H/i1D. The second-order valence-electron chi connectivity index (χ2n) is 11.2. The molecule has 1 heteroatoms. The van der Waals surface area contributed by atoms with Crippen LogP contribution in [0.1, 0.15) is 1.37 Å². The molecular formula is C42H26O. The van der Waals surface area contributed by atoms with Crippen LogP contribution in [-0.4, -0.2) is 0 Å². The predicted molar refractivity (Wildman–Crippen MR) is 183 cm³/mol. The summed E-state index contributed by atoms with van der Waals surface area (Å²) in [4.78, 5) is 0. The minimum atomic E-state index is 0.533. The molecule has 9 rings (SSSR count). The lowest BCUT2D eigenvalue weighted by Gasteiger charge is -2.18. The molecule has 0 bridgehead atoms. The highest BCUT2D eigenvalue weighted by Gasteiger charge is 2.17. The Balaban J connectivity index is 1.27. The van der Waals surface area contributed by atoms with Crippen LogP contribution in [0.25, 0.3) is 87.6 Å². The molecule has 1 heterocycles. The Morgan fingerprint density at radius 2 is 0.930 bits per heavy atom. The maximum Gasteiger partial charge on any atom is 0.135 e. The molecule has 8 aromatic carbocycles. The number of furan rings is 1. The first-order chi connectivity index (χ1) is 21.7. The van der Waals surface area contributed by atoms with Gasteiger partial charge in [-0.15, -0.1) is 0 Å². The van der Waals surface area contributed by atoms with E-state index < -0.39 is 0 Å². The van der Waals surface area contributed by atoms with Crippen molar-refractivity contribution in [2.24, 2.45) is 0 Å². The largest absolute Gasteiger partial charge is 0.456 e. The van der Waals surface area contributed by atoms with E-state index in [9.17, 15) is 0 Å². The Bertz CT molecular complexity index is 2510. The molecule has 0 saturated heterocycles. The molecule has 200 valence electrons. The van der Waals surface area contributed by atoms with E-state index in [-0.39, 0.29) is 0 Å². The van der Waals surface area contributed by atoms with Crippen LogP contribution in [-0.2, 0) is 0 Å². The highest BCUT2D eigenvalue weighted by atomic mass is 16.3. The highest BCUT2D eigenvalue weighted by Crippen LogP contribution is 2.44. The Morgan fingerprint density at radius 1 is 0.349 bits per heavy atom. The molecular weight excluding hydrogens is 520 g/mol. The van der Waals surface area contributed by atoms with Crippen LogP contribution < -0.4 is 0 Å². The topological polar surface area (TPSA) is 13.1 Å². The first-order valence-corrected chi connectivity index (χ1v) is 14.7. The summed E-state index contributed by atoms with van der Waals surface area (Å²) < 4.78 is 14.1. The second kappa shape index (κ2) is 9.44. The van der Waals surface area contributed by atoms with Crippen molar-refractivity contribution in [2.75, 3.05) is 0 Å². The van der Waals surface area contributed by atoms with E-state index in [2.05, 4.69) is 127 Å². The lowest BCUT2D eigenvalue weighted by molar-refractivity contribution is 0.669. The lowest BCUT2D eigenvalue weighted by atomic mass is 9.85. The summed E-state index contributed by atoms with van der Waals surface area (Å²) in [5.74, 6) is 0. The van der Waals surface area contributed by atoms with Crippen molar-refractivity contribution >= 4 is 54.3 Å². The van der Waals surface area contributed by atoms with E-state index in [1.165, 1.54) is 54.9 Å². The van der Waals surface area contributed by atoms with Gasteiger partial charge >= 0.3 is 0 Å². The number of hydrogen-bond acceptors (Lipinski definition) is 1. The minimum absolute atomic E-state index is 0.533. The Hall–Kier alpha value is -5.66. The molecule has 1 aromatic heterocycles. The monoisotopic (exact) mass is 547 g/mol. The van der Waals surface area contributed by atoms with Crippen molar-refractivity contribution in [3.05, 3.63) is 158 Å². The van der Waals surface area contributed by atoms with E-state index in [1.54, 1.807) is 0 Å². The molecule has 0 aliphatic carbocycles. The van der Waals surface area contributed by atoms with Gasteiger partial charge in [0, 0.05) is 10.8 Å². The van der Waals surface area contributed by atoms with E-state index in [0.717, 1.165) is 32.7 Å². The number of rotatable bonds is 3. The predicted octanol–water partition coefficient (Wildman–Crippen LogP) is 12.0. The van der Waals surface area contributed by atoms with Crippen LogP contribution in [0.4, 0.5) is 0 Å². The summed E-state index contributed by atoms with van der Waals surface area (Å²) in [5, 5.41) is 9.44. The average Bonchev–Trinajstić information content (AvgIpc) is 3.45. The summed E-state index contributed by atoms with van der Waals surface area (Å²) in [6.45, 7) is 0. The third-order valence-electron chi connectivity index (χ3n) is 8.77. The first-order valence-electron chi connectivity index (χ1n) is 15.2. The molecule has 0 saturated carbocycles. The fourth-order valence-corrected chi connectivity index (χ4v) is 6.79. The van der Waals surface area contributed by atoms with Gasteiger partial charge in [0.1, 0.15) is 11.2 Å². The fourth-order valence-electron chi connectivity index (χ4n) is 6.79. The van der Waals surface area contributed by atoms with Gasteiger partial charge in [-0.3, -0.25) is 0 Å². The normalized spacial score (nSPS) is 12.0. The molecule has 0 spiro atoms. The molecule has 0 atom stereocenters. The number of benzene rings is 8. The summed E-state index contributed by atoms with van der Waals surface area (Å²) in [6.07, 6.45) is 0. The van der Waals surface area contributed by atoms with Gasteiger partial charge in [-0.1, -0.05) is 127 Å². The van der Waals surface area contributed by atoms with Crippen LogP contribution in [0, 0.1) is 0 Å². The molecule has 1 nitrogen and oxygen atoms in total. The van der Waals surface area contributed by atoms with Crippen molar-refractivity contribution in [1.29, 1.82) is 0 Å². The summed E-state index contributed by atoms with van der Waals surface area (Å²) in [6, 6.07) is 54.2. The second-order valence-corrected chi connectivity index (χ2v) is 11.2.